The van der Waals surface area contributed by atoms with Crippen LogP contribution in [0.15, 0.2) is 48.5 Å². The Balaban J connectivity index is 1.51. The normalized spacial score (nSPS) is 14.6. The molecule has 7 nitrogen and oxygen atoms in total. The number of rotatable bonds is 7. The number of nitrogens with one attached hydrogen (secondary N) is 2. The smallest absolute Gasteiger partial charge is 0.255 e. The molecular formula is C26H29ClFN5O2. The molecule has 5 N–H and O–H groups in total. The number of pyridine rings is 1. The van der Waals surface area contributed by atoms with Crippen LogP contribution in [0.1, 0.15) is 35.7 Å². The highest BCUT2D eigenvalue weighted by Gasteiger charge is 2.22. The lowest BCUT2D eigenvalue weighted by molar-refractivity contribution is 0.0913. The van der Waals surface area contributed by atoms with Crippen LogP contribution in [0, 0.1) is 0 Å². The number of hydrogen-bond acceptors (Lipinski definition) is 6. The molecule has 0 bridgehead atoms. The van der Waals surface area contributed by atoms with Gasteiger partial charge in [-0.25, -0.2) is 9.37 Å². The third-order valence-electron chi connectivity index (χ3n) is 6.30. The summed E-state index contributed by atoms with van der Waals surface area (Å²) in [6, 6.07) is 13.2. The Labute approximate surface area is 209 Å². The van der Waals surface area contributed by atoms with Gasteiger partial charge < -0.3 is 26.4 Å². The van der Waals surface area contributed by atoms with Gasteiger partial charge in [-0.15, -0.1) is 0 Å². The number of phenolic OH excluding ortho intramolecular Hbond substituents is 1. The number of nitrogens with zero attached hydrogens (tertiary/aromatic N) is 2. The lowest BCUT2D eigenvalue weighted by atomic mass is 10.0. The van der Waals surface area contributed by atoms with Crippen LogP contribution >= 0.6 is 11.6 Å². The maximum Gasteiger partial charge on any atom is 0.255 e. The predicted octanol–water partition coefficient (Wildman–Crippen LogP) is 5.12. The van der Waals surface area contributed by atoms with Gasteiger partial charge in [0.2, 0.25) is 0 Å². The molecule has 0 aliphatic carbocycles. The van der Waals surface area contributed by atoms with E-state index in [1.165, 1.54) is 6.07 Å². The van der Waals surface area contributed by atoms with Crippen LogP contribution in [0.2, 0.25) is 5.02 Å². The number of nitrogen functional groups attached to an aromatic ring is 1. The molecule has 1 aromatic heterocycles. The van der Waals surface area contributed by atoms with Crippen LogP contribution in [-0.4, -0.2) is 46.6 Å². The number of alkyl halides is 1. The Morgan fingerprint density at radius 3 is 2.66 bits per heavy atom. The fraction of sp³-hybridized carbons (Fsp3) is 0.308. The first kappa shape index (κ1) is 24.8. The van der Waals surface area contributed by atoms with Gasteiger partial charge >= 0.3 is 0 Å². The van der Waals surface area contributed by atoms with Crippen molar-refractivity contribution in [2.24, 2.45) is 0 Å². The number of carbonyl (C=O) groups excluding carboxylic acids is 1. The molecule has 1 fully saturated rings. The zero-order valence-corrected chi connectivity index (χ0v) is 20.3. The molecule has 1 aliphatic heterocycles. The first-order chi connectivity index (χ1) is 16.9. The highest BCUT2D eigenvalue weighted by atomic mass is 35.5. The largest absolute Gasteiger partial charge is 0.507 e. The fourth-order valence-corrected chi connectivity index (χ4v) is 4.44. The number of anilines is 3. The average molecular weight is 498 g/mol. The van der Waals surface area contributed by atoms with E-state index in [4.69, 9.17) is 17.3 Å². The van der Waals surface area contributed by atoms with Crippen molar-refractivity contribution in [3.8, 4) is 17.0 Å². The Morgan fingerprint density at radius 1 is 1.20 bits per heavy atom. The van der Waals surface area contributed by atoms with Gasteiger partial charge in [-0.3, -0.25) is 4.79 Å². The van der Waals surface area contributed by atoms with Crippen molar-refractivity contribution < 1.29 is 14.3 Å². The molecule has 0 spiro atoms. The molecule has 0 unspecified atom stereocenters. The Bertz CT molecular complexity index is 1210. The van der Waals surface area contributed by atoms with Gasteiger partial charge in [-0.1, -0.05) is 18.5 Å². The third-order valence-corrected chi connectivity index (χ3v) is 6.54. The van der Waals surface area contributed by atoms with Gasteiger partial charge in [0, 0.05) is 46.7 Å². The number of phenols is 1. The maximum atomic E-state index is 13.4. The second-order valence-electron chi connectivity index (χ2n) is 8.60. The maximum absolute atomic E-state index is 13.4. The number of amides is 1. The zero-order valence-electron chi connectivity index (χ0n) is 19.5. The quantitative estimate of drug-likeness (QED) is 0.338. The minimum Gasteiger partial charge on any atom is -0.507 e. The standard InChI is InChI=1S/C26H29ClFN5O2/c1-2-33-11-9-18(10-12-33)31-26(35)20-5-7-23(32-25(20)29)21-14-19(4-8-24(21)34)30-22-6-3-17(27)13-16(22)15-28/h3-8,13-14,18,30,34H,2,9-12,15H2,1H3,(H2,29,32)(H,31,35). The Morgan fingerprint density at radius 2 is 1.97 bits per heavy atom. The SMILES string of the molecule is CCN1CCC(NC(=O)c2ccc(-c3cc(Nc4ccc(Cl)cc4CF)ccc3O)nc2N)CC1. The summed E-state index contributed by atoms with van der Waals surface area (Å²) in [5, 5.41) is 17.1. The number of nitrogens with two attached hydrogens (primary N) is 1. The molecule has 4 rings (SSSR count). The van der Waals surface area contributed by atoms with Crippen LogP contribution in [0.4, 0.5) is 21.6 Å². The monoisotopic (exact) mass is 497 g/mol. The van der Waals surface area contributed by atoms with E-state index in [2.05, 4.69) is 27.4 Å². The van der Waals surface area contributed by atoms with Gasteiger partial charge in [0.15, 0.2) is 0 Å². The van der Waals surface area contributed by atoms with Gasteiger partial charge in [0.25, 0.3) is 5.91 Å². The summed E-state index contributed by atoms with van der Waals surface area (Å²) in [6.45, 7) is 4.39. The molecule has 9 heteroatoms. The zero-order chi connectivity index (χ0) is 24.9. The van der Waals surface area contributed by atoms with Crippen LogP contribution in [0.5, 0.6) is 5.75 Å². The van der Waals surface area contributed by atoms with Crippen molar-refractivity contribution in [3.63, 3.8) is 0 Å². The summed E-state index contributed by atoms with van der Waals surface area (Å²) >= 11 is 5.96. The van der Waals surface area contributed by atoms with E-state index in [9.17, 15) is 14.3 Å². The summed E-state index contributed by atoms with van der Waals surface area (Å²) < 4.78 is 13.4. The minimum absolute atomic E-state index is 0.00385. The second kappa shape index (κ2) is 10.9. The molecule has 1 amide bonds. The summed E-state index contributed by atoms with van der Waals surface area (Å²) in [6.07, 6.45) is 1.80. The van der Waals surface area contributed by atoms with E-state index in [-0.39, 0.29) is 23.5 Å². The number of carbonyl (C=O) groups is 1. The van der Waals surface area contributed by atoms with Gasteiger partial charge in [0.05, 0.1) is 11.3 Å². The van der Waals surface area contributed by atoms with Crippen molar-refractivity contribution in [1.82, 2.24) is 15.2 Å². The number of halogens is 2. The van der Waals surface area contributed by atoms with E-state index >= 15 is 0 Å². The highest BCUT2D eigenvalue weighted by molar-refractivity contribution is 6.30. The lowest BCUT2D eigenvalue weighted by Crippen LogP contribution is -2.44. The molecule has 0 radical (unpaired) electrons. The summed E-state index contributed by atoms with van der Waals surface area (Å²) in [7, 11) is 0. The van der Waals surface area contributed by atoms with Crippen molar-refractivity contribution in [2.45, 2.75) is 32.5 Å². The molecule has 0 saturated carbocycles. The number of aromatic nitrogens is 1. The number of piperidine rings is 1. The van der Waals surface area contributed by atoms with Crippen molar-refractivity contribution >= 4 is 34.7 Å². The van der Waals surface area contributed by atoms with E-state index in [1.807, 2.05) is 0 Å². The molecule has 35 heavy (non-hydrogen) atoms. The van der Waals surface area contributed by atoms with E-state index in [0.29, 0.717) is 38.8 Å². The lowest BCUT2D eigenvalue weighted by Gasteiger charge is -2.31. The van der Waals surface area contributed by atoms with Gasteiger partial charge in [-0.2, -0.15) is 0 Å². The van der Waals surface area contributed by atoms with Gasteiger partial charge in [-0.05, 0) is 67.9 Å². The molecule has 0 atom stereocenters. The summed E-state index contributed by atoms with van der Waals surface area (Å²) in [5.41, 5.74) is 8.89. The van der Waals surface area contributed by atoms with Crippen LogP contribution in [0.3, 0.4) is 0 Å². The molecule has 2 heterocycles. The van der Waals surface area contributed by atoms with Crippen molar-refractivity contribution in [3.05, 3.63) is 64.7 Å². The minimum atomic E-state index is -0.673. The molecule has 3 aromatic rings. The number of benzene rings is 2. The van der Waals surface area contributed by atoms with Crippen LogP contribution < -0.4 is 16.4 Å². The number of likely N-dealkylation sites (tertiary alicyclic amines) is 1. The third kappa shape index (κ3) is 5.83. The summed E-state index contributed by atoms with van der Waals surface area (Å²) in [4.78, 5) is 19.5. The topological polar surface area (TPSA) is 104 Å². The summed E-state index contributed by atoms with van der Waals surface area (Å²) in [5.74, 6) is -0.164. The first-order valence-corrected chi connectivity index (χ1v) is 12.0. The molecular weight excluding hydrogens is 469 g/mol. The highest BCUT2D eigenvalue weighted by Crippen LogP contribution is 2.34. The molecule has 1 aliphatic rings. The number of aromatic hydroxyl groups is 1. The van der Waals surface area contributed by atoms with Crippen molar-refractivity contribution in [2.75, 3.05) is 30.7 Å². The number of hydrogen-bond donors (Lipinski definition) is 4. The average Bonchev–Trinajstić information content (AvgIpc) is 2.86. The van der Waals surface area contributed by atoms with E-state index in [1.54, 1.807) is 42.5 Å². The Hall–Kier alpha value is -3.36. The van der Waals surface area contributed by atoms with Crippen molar-refractivity contribution in [1.29, 1.82) is 0 Å². The van der Waals surface area contributed by atoms with Crippen LogP contribution in [0.25, 0.3) is 11.3 Å². The van der Waals surface area contributed by atoms with E-state index in [0.717, 1.165) is 32.5 Å². The Kier molecular flexibility index (Phi) is 7.73. The molecule has 1 saturated heterocycles. The second-order valence-corrected chi connectivity index (χ2v) is 9.04. The predicted molar refractivity (Wildman–Crippen MR) is 138 cm³/mol. The molecule has 184 valence electrons. The first-order valence-electron chi connectivity index (χ1n) is 11.6. The van der Waals surface area contributed by atoms with E-state index < -0.39 is 6.67 Å². The van der Waals surface area contributed by atoms with Gasteiger partial charge in [0.1, 0.15) is 18.2 Å². The molecule has 2 aromatic carbocycles. The fourth-order valence-electron chi connectivity index (χ4n) is 4.24. The van der Waals surface area contributed by atoms with Crippen LogP contribution in [-0.2, 0) is 6.67 Å².